The largest absolute Gasteiger partial charge is 0.508 e. The Morgan fingerprint density at radius 1 is 1.08 bits per heavy atom. The van der Waals surface area contributed by atoms with Crippen LogP contribution < -0.4 is 26.5 Å². The van der Waals surface area contributed by atoms with E-state index in [4.69, 9.17) is 24.4 Å². The summed E-state index contributed by atoms with van der Waals surface area (Å²) in [5.41, 5.74) is 3.09. The van der Waals surface area contributed by atoms with Crippen molar-refractivity contribution in [2.75, 3.05) is 51.0 Å². The molecular formula is C51H57N5O13S2. The van der Waals surface area contributed by atoms with Crippen molar-refractivity contribution in [1.29, 1.82) is 0 Å². The molecule has 0 aliphatic carbocycles. The van der Waals surface area contributed by atoms with Crippen LogP contribution in [0.5, 0.6) is 11.5 Å². The number of carboxylic acids is 1. The van der Waals surface area contributed by atoms with E-state index in [1.54, 1.807) is 4.90 Å². The van der Waals surface area contributed by atoms with Gasteiger partial charge in [-0.05, 0) is 103 Å². The lowest BCUT2D eigenvalue weighted by molar-refractivity contribution is -0.340. The molecule has 71 heavy (non-hydrogen) atoms. The first kappa shape index (κ1) is 51.4. The van der Waals surface area contributed by atoms with E-state index in [9.17, 15) is 44.4 Å². The van der Waals surface area contributed by atoms with Crippen LogP contribution in [0.3, 0.4) is 0 Å². The van der Waals surface area contributed by atoms with E-state index in [1.807, 2.05) is 30.6 Å². The number of aliphatic carboxylic acids is 1. The highest BCUT2D eigenvalue weighted by atomic mass is 33.1. The average Bonchev–Trinajstić information content (AvgIpc) is 4.07. The van der Waals surface area contributed by atoms with Gasteiger partial charge in [-0.2, -0.15) is 0 Å². The number of primary amides is 1. The lowest BCUT2D eigenvalue weighted by Gasteiger charge is -2.53. The number of rotatable bonds is 17. The maximum absolute atomic E-state index is 13.9. The van der Waals surface area contributed by atoms with E-state index in [0.717, 1.165) is 43.6 Å². The molecule has 0 bridgehead atoms. The Kier molecular flexibility index (Phi) is 16.4. The first-order valence-corrected chi connectivity index (χ1v) is 25.8. The Bertz CT molecular complexity index is 2790. The number of aliphatic hydroxyl groups is 2. The molecule has 18 nitrogen and oxygen atoms in total. The molecule has 376 valence electrons. The fraction of sp³-hybridized carbons (Fsp3) is 0.392. The van der Waals surface area contributed by atoms with Crippen LogP contribution in [0, 0.1) is 11.8 Å². The summed E-state index contributed by atoms with van der Waals surface area (Å²) in [6.07, 6.45) is 4.31. The van der Waals surface area contributed by atoms with Crippen LogP contribution in [-0.2, 0) is 30.3 Å². The van der Waals surface area contributed by atoms with Gasteiger partial charge >= 0.3 is 5.97 Å². The Balaban J connectivity index is 1.06. The summed E-state index contributed by atoms with van der Waals surface area (Å²) < 4.78 is 24.1. The molecule has 8 unspecified atom stereocenters. The summed E-state index contributed by atoms with van der Waals surface area (Å²) in [6, 6.07) is 19.6. The number of phenols is 1. The van der Waals surface area contributed by atoms with Crippen LogP contribution in [0.15, 0.2) is 100 Å². The number of nitrogens with two attached hydrogens (primary N) is 1. The summed E-state index contributed by atoms with van der Waals surface area (Å²) in [6.45, 7) is 4.65. The smallest absolute Gasteiger partial charge is 0.335 e. The third kappa shape index (κ3) is 11.2. The number of hydrogen-bond acceptors (Lipinski definition) is 16. The van der Waals surface area contributed by atoms with E-state index in [-0.39, 0.29) is 76.0 Å². The normalized spacial score (nSPS) is 25.4. The van der Waals surface area contributed by atoms with Crippen LogP contribution in [0.2, 0.25) is 0 Å². The number of phenolic OH excluding ortho intramolecular Hbond substituents is 1. The maximum Gasteiger partial charge on any atom is 0.335 e. The van der Waals surface area contributed by atoms with Gasteiger partial charge in [-0.3, -0.25) is 19.2 Å². The number of ether oxygens (including phenoxy) is 3. The van der Waals surface area contributed by atoms with Gasteiger partial charge in [-0.15, -0.1) is 0 Å². The van der Waals surface area contributed by atoms with Crippen LogP contribution in [0.1, 0.15) is 52.9 Å². The first-order chi connectivity index (χ1) is 34.2. The van der Waals surface area contributed by atoms with Gasteiger partial charge in [0.05, 0.1) is 17.5 Å². The van der Waals surface area contributed by atoms with E-state index >= 15 is 0 Å². The SMILES string of the molecule is CC(CC=Cc1ccccc1CCCNCC(=O)N1CC1)C1CNCC2(O)C(Oc3ccc4c(=O)c(-c5ccc(O)cc5)c(C(N)=O)oc4c3)OC(C(=O)O)C(O)C2(C=O)OCSSCC1c1cc[nH]c1. The van der Waals surface area contributed by atoms with E-state index in [1.165, 1.54) is 69.6 Å². The third-order valence-corrected chi connectivity index (χ3v) is 15.5. The highest BCUT2D eigenvalue weighted by molar-refractivity contribution is 8.76. The van der Waals surface area contributed by atoms with E-state index < -0.39 is 59.3 Å². The number of carbonyl (C=O) groups is 4. The molecule has 3 aliphatic rings. The fourth-order valence-electron chi connectivity index (χ4n) is 9.38. The molecule has 5 aromatic rings. The lowest BCUT2D eigenvalue weighted by Crippen LogP contribution is -2.80. The lowest BCUT2D eigenvalue weighted by atomic mass is 9.73. The number of aromatic nitrogens is 1. The van der Waals surface area contributed by atoms with Gasteiger partial charge in [0.2, 0.25) is 23.4 Å². The van der Waals surface area contributed by atoms with Gasteiger partial charge in [0, 0.05) is 43.8 Å². The molecule has 0 saturated carbocycles. The Labute approximate surface area is 416 Å². The van der Waals surface area contributed by atoms with Gasteiger partial charge in [0.15, 0.2) is 23.6 Å². The second kappa shape index (κ2) is 22.6. The zero-order chi connectivity index (χ0) is 50.3. The number of aryl methyl sites for hydroxylation is 1. The standard InChI is InChI=1S/C51H57N5O13S2/c1-30(6-4-9-31-7-2-3-8-32(31)10-5-18-53-25-41(59)56-20-21-56)38-24-55-27-50(65)49(69-45(48(63)64)46(61)51(50,28-57)66-29-71-70-26-39(38)34-17-19-54-23-34)67-36-15-16-37-40(22-36)68-44(47(52)62)42(43(37)60)33-11-13-35(58)14-12-33/h2-4,7-9,11-17,19,22-23,28,30,38-39,45-46,49,53-55,58,61,65H,5-6,10,18,20-21,24-27,29H2,1H3,(H2,52,62)(H,63,64). The van der Waals surface area contributed by atoms with Crippen molar-refractivity contribution >= 4 is 62.7 Å². The van der Waals surface area contributed by atoms with Gasteiger partial charge in [0.1, 0.15) is 29.1 Å². The minimum atomic E-state index is -2.63. The zero-order valence-corrected chi connectivity index (χ0v) is 40.5. The number of carbonyl (C=O) groups excluding carboxylic acids is 3. The number of nitrogens with one attached hydrogen (secondary N) is 3. The summed E-state index contributed by atoms with van der Waals surface area (Å²) in [4.78, 5) is 69.7. The van der Waals surface area contributed by atoms with Crippen molar-refractivity contribution in [2.45, 2.75) is 61.8 Å². The first-order valence-electron chi connectivity index (χ1n) is 23.3. The zero-order valence-electron chi connectivity index (χ0n) is 38.9. The number of β-amino-alcohol motifs (C(OH)–C–C–N with tert-alkyl or cyclic N) is 1. The molecule has 3 aromatic carbocycles. The number of H-pyrrole nitrogens is 1. The molecule has 0 spiro atoms. The van der Waals surface area contributed by atoms with Crippen LogP contribution in [-0.4, -0.2) is 135 Å². The predicted octanol–water partition coefficient (Wildman–Crippen LogP) is 4.27. The predicted molar refractivity (Wildman–Crippen MR) is 268 cm³/mol. The fourth-order valence-corrected chi connectivity index (χ4v) is 11.4. The Hall–Kier alpha value is -5.97. The number of aromatic amines is 1. The second-order valence-electron chi connectivity index (χ2n) is 18.0. The summed E-state index contributed by atoms with van der Waals surface area (Å²) in [5.74, 6) is -3.04. The quantitative estimate of drug-likeness (QED) is 0.0280. The average molecular weight is 1010 g/mol. The molecule has 2 aromatic heterocycles. The van der Waals surface area contributed by atoms with Crippen molar-refractivity contribution in [2.24, 2.45) is 17.6 Å². The number of aliphatic hydroxyl groups excluding tert-OH is 1. The third-order valence-electron chi connectivity index (χ3n) is 13.5. The molecule has 3 aliphatic heterocycles. The van der Waals surface area contributed by atoms with Gasteiger partial charge in [-0.25, -0.2) is 4.79 Å². The maximum atomic E-state index is 13.9. The highest BCUT2D eigenvalue weighted by Gasteiger charge is 2.69. The van der Waals surface area contributed by atoms with Gasteiger partial charge < -0.3 is 65.3 Å². The number of amides is 2. The number of benzene rings is 3. The number of carboxylic acid groups (broad SMARTS) is 1. The molecule has 3 saturated heterocycles. The molecule has 0 radical (unpaired) electrons. The molecule has 8 rings (SSSR count). The number of allylic oxidation sites excluding steroid dienone is 1. The molecule has 5 heterocycles. The number of aldehydes is 1. The Morgan fingerprint density at radius 2 is 1.87 bits per heavy atom. The second-order valence-corrected chi connectivity index (χ2v) is 20.5. The van der Waals surface area contributed by atoms with Gasteiger partial charge in [0.25, 0.3) is 5.91 Å². The number of hydrogen-bond donors (Lipinski definition) is 8. The topological polar surface area (TPSA) is 276 Å². The van der Waals surface area contributed by atoms with Crippen LogP contribution >= 0.6 is 21.6 Å². The summed E-state index contributed by atoms with van der Waals surface area (Å²) in [5, 5.41) is 51.4. The number of nitrogens with zero attached hydrogens (tertiary/aromatic N) is 1. The van der Waals surface area contributed by atoms with Crippen LogP contribution in [0.25, 0.3) is 28.2 Å². The van der Waals surface area contributed by atoms with Crippen molar-refractivity contribution in [3.8, 4) is 22.6 Å². The monoisotopic (exact) mass is 1010 g/mol. The minimum absolute atomic E-state index is 0.00270. The van der Waals surface area contributed by atoms with Crippen molar-refractivity contribution in [1.82, 2.24) is 20.5 Å². The van der Waals surface area contributed by atoms with Crippen LogP contribution in [0.4, 0.5) is 0 Å². The molecule has 2 amide bonds. The number of aromatic hydroxyl groups is 1. The molecular weight excluding hydrogens is 955 g/mol. The van der Waals surface area contributed by atoms with E-state index in [0.29, 0.717) is 18.7 Å². The minimum Gasteiger partial charge on any atom is -0.508 e. The number of fused-ring (bicyclic) bond motifs is 2. The van der Waals surface area contributed by atoms with Crippen molar-refractivity contribution < 1.29 is 58.2 Å². The van der Waals surface area contributed by atoms with Crippen molar-refractivity contribution in [3.63, 3.8) is 0 Å². The Morgan fingerprint density at radius 3 is 2.59 bits per heavy atom. The molecule has 3 fully saturated rings. The summed E-state index contributed by atoms with van der Waals surface area (Å²) >= 11 is 0. The summed E-state index contributed by atoms with van der Waals surface area (Å²) in [7, 11) is 2.70. The highest BCUT2D eigenvalue weighted by Crippen LogP contribution is 2.44. The van der Waals surface area contributed by atoms with E-state index in [2.05, 4.69) is 46.8 Å². The molecule has 8 atom stereocenters. The van der Waals surface area contributed by atoms with Gasteiger partial charge in [-0.1, -0.05) is 77.1 Å². The molecule has 20 heteroatoms. The molecule has 9 N–H and O–H groups in total. The van der Waals surface area contributed by atoms with Crippen molar-refractivity contribution in [3.05, 3.63) is 124 Å².